The van der Waals surface area contributed by atoms with Gasteiger partial charge in [0.05, 0.1) is 11.8 Å². The Bertz CT molecular complexity index is 598. The molecule has 0 spiro atoms. The molecule has 1 aliphatic heterocycles. The van der Waals surface area contributed by atoms with Crippen molar-refractivity contribution in [3.63, 3.8) is 0 Å². The van der Waals surface area contributed by atoms with Crippen molar-refractivity contribution < 1.29 is 14.6 Å². The predicted octanol–water partition coefficient (Wildman–Crippen LogP) is 2.01. The minimum Gasteiger partial charge on any atom is -0.454 e. The summed E-state index contributed by atoms with van der Waals surface area (Å²) in [7, 11) is 0. The second-order valence-electron chi connectivity index (χ2n) is 4.69. The quantitative estimate of drug-likeness (QED) is 0.882. The molecular formula is C14H16N2O3S. The minimum absolute atomic E-state index is 0.283. The van der Waals surface area contributed by atoms with E-state index >= 15 is 0 Å². The second kappa shape index (κ2) is 5.78. The van der Waals surface area contributed by atoms with Crippen LogP contribution in [-0.2, 0) is 6.54 Å². The van der Waals surface area contributed by atoms with Crippen LogP contribution >= 0.6 is 11.3 Å². The van der Waals surface area contributed by atoms with Crippen LogP contribution in [-0.4, -0.2) is 29.5 Å². The lowest BCUT2D eigenvalue weighted by atomic mass is 10.2. The summed E-state index contributed by atoms with van der Waals surface area (Å²) < 4.78 is 10.7. The van der Waals surface area contributed by atoms with E-state index in [0.717, 1.165) is 27.8 Å². The molecule has 0 saturated carbocycles. The molecule has 2 N–H and O–H groups in total. The van der Waals surface area contributed by atoms with Crippen LogP contribution < -0.4 is 14.8 Å². The van der Waals surface area contributed by atoms with E-state index in [9.17, 15) is 5.11 Å². The third-order valence-electron chi connectivity index (χ3n) is 2.92. The summed E-state index contributed by atoms with van der Waals surface area (Å²) in [5, 5.41) is 15.3. The van der Waals surface area contributed by atoms with Crippen molar-refractivity contribution >= 4 is 11.3 Å². The van der Waals surface area contributed by atoms with Gasteiger partial charge < -0.3 is 19.9 Å². The van der Waals surface area contributed by atoms with Gasteiger partial charge in [-0.15, -0.1) is 11.3 Å². The van der Waals surface area contributed by atoms with Gasteiger partial charge in [-0.2, -0.15) is 0 Å². The Kier molecular flexibility index (Phi) is 3.86. The maximum Gasteiger partial charge on any atom is 0.231 e. The number of hydrogen-bond donors (Lipinski definition) is 2. The third kappa shape index (κ3) is 2.92. The molecule has 2 heterocycles. The van der Waals surface area contributed by atoms with Gasteiger partial charge in [-0.1, -0.05) is 0 Å². The van der Waals surface area contributed by atoms with Gasteiger partial charge >= 0.3 is 0 Å². The van der Waals surface area contributed by atoms with E-state index in [-0.39, 0.29) is 12.9 Å². The largest absolute Gasteiger partial charge is 0.454 e. The summed E-state index contributed by atoms with van der Waals surface area (Å²) in [6, 6.07) is 5.85. The highest BCUT2D eigenvalue weighted by molar-refractivity contribution is 7.13. The fourth-order valence-electron chi connectivity index (χ4n) is 1.96. The van der Waals surface area contributed by atoms with E-state index < -0.39 is 0 Å². The monoisotopic (exact) mass is 292 g/mol. The normalized spacial score (nSPS) is 14.5. The number of nitrogens with one attached hydrogen (secondary N) is 1. The predicted molar refractivity (Wildman–Crippen MR) is 77.1 cm³/mol. The highest BCUT2D eigenvalue weighted by Gasteiger charge is 2.15. The molecule has 6 heteroatoms. The molecule has 0 fully saturated rings. The molecule has 0 aliphatic carbocycles. The molecule has 0 radical (unpaired) electrons. The molecule has 5 nitrogen and oxygen atoms in total. The topological polar surface area (TPSA) is 63.6 Å². The number of nitrogens with zero attached hydrogens (tertiary/aromatic N) is 1. The lowest BCUT2D eigenvalue weighted by molar-refractivity contribution is 0.174. The zero-order valence-electron chi connectivity index (χ0n) is 11.1. The number of benzene rings is 1. The molecule has 1 unspecified atom stereocenters. The van der Waals surface area contributed by atoms with Crippen LogP contribution in [0.25, 0.3) is 10.6 Å². The summed E-state index contributed by atoms with van der Waals surface area (Å²) in [5.41, 5.74) is 2.00. The Morgan fingerprint density at radius 3 is 3.10 bits per heavy atom. The van der Waals surface area contributed by atoms with E-state index in [0.29, 0.717) is 13.1 Å². The van der Waals surface area contributed by atoms with Gasteiger partial charge in [-0.3, -0.25) is 0 Å². The molecular weight excluding hydrogens is 276 g/mol. The van der Waals surface area contributed by atoms with Crippen molar-refractivity contribution in [2.75, 3.05) is 13.3 Å². The molecule has 1 aliphatic rings. The number of rotatable bonds is 5. The standard InChI is InChI=1S/C14H16N2O3S/c1-9(17)5-15-6-11-7-20-14(16-11)10-2-3-12-13(4-10)19-8-18-12/h2-4,7,9,15,17H,5-6,8H2,1H3. The van der Waals surface area contributed by atoms with Gasteiger partial charge in [0.2, 0.25) is 6.79 Å². The first-order chi connectivity index (χ1) is 9.72. The summed E-state index contributed by atoms with van der Waals surface area (Å²) in [6.45, 7) is 3.26. The van der Waals surface area contributed by atoms with E-state index in [2.05, 4.69) is 10.3 Å². The second-order valence-corrected chi connectivity index (χ2v) is 5.55. The first-order valence-corrected chi connectivity index (χ1v) is 7.33. The summed E-state index contributed by atoms with van der Waals surface area (Å²) in [6.07, 6.45) is -0.345. The molecule has 1 aromatic heterocycles. The van der Waals surface area contributed by atoms with Crippen LogP contribution in [0.4, 0.5) is 0 Å². The maximum atomic E-state index is 9.20. The molecule has 0 saturated heterocycles. The molecule has 3 rings (SSSR count). The van der Waals surface area contributed by atoms with Crippen molar-refractivity contribution in [3.8, 4) is 22.1 Å². The molecule has 1 atom stereocenters. The Labute approximate surface area is 121 Å². The minimum atomic E-state index is -0.345. The highest BCUT2D eigenvalue weighted by atomic mass is 32.1. The first-order valence-electron chi connectivity index (χ1n) is 6.45. The van der Waals surface area contributed by atoms with Crippen LogP contribution in [0.5, 0.6) is 11.5 Å². The number of fused-ring (bicyclic) bond motifs is 1. The van der Waals surface area contributed by atoms with Crippen molar-refractivity contribution in [2.24, 2.45) is 0 Å². The van der Waals surface area contributed by atoms with E-state index in [1.165, 1.54) is 0 Å². The number of aromatic nitrogens is 1. The fourth-order valence-corrected chi connectivity index (χ4v) is 2.78. The van der Waals surface area contributed by atoms with Crippen molar-refractivity contribution in [1.82, 2.24) is 10.3 Å². The van der Waals surface area contributed by atoms with E-state index in [1.54, 1.807) is 18.3 Å². The SMILES string of the molecule is CC(O)CNCc1csc(-c2ccc3c(c2)OCO3)n1. The summed E-state index contributed by atoms with van der Waals surface area (Å²) >= 11 is 1.60. The lowest BCUT2D eigenvalue weighted by Gasteiger charge is -2.04. The number of thiazole rings is 1. The molecule has 20 heavy (non-hydrogen) atoms. The Balaban J connectivity index is 1.70. The van der Waals surface area contributed by atoms with Crippen LogP contribution in [0.1, 0.15) is 12.6 Å². The fraction of sp³-hybridized carbons (Fsp3) is 0.357. The van der Waals surface area contributed by atoms with Crippen molar-refractivity contribution in [1.29, 1.82) is 0 Å². The van der Waals surface area contributed by atoms with Crippen LogP contribution in [0, 0.1) is 0 Å². The van der Waals surface area contributed by atoms with Gasteiger partial charge in [0.1, 0.15) is 5.01 Å². The maximum absolute atomic E-state index is 9.20. The van der Waals surface area contributed by atoms with Crippen molar-refractivity contribution in [3.05, 3.63) is 29.3 Å². The Morgan fingerprint density at radius 2 is 2.25 bits per heavy atom. The van der Waals surface area contributed by atoms with E-state index in [4.69, 9.17) is 9.47 Å². The van der Waals surface area contributed by atoms with Crippen LogP contribution in [0.3, 0.4) is 0 Å². The van der Waals surface area contributed by atoms with E-state index in [1.807, 2.05) is 23.6 Å². The number of aliphatic hydroxyl groups excluding tert-OH is 1. The summed E-state index contributed by atoms with van der Waals surface area (Å²) in [4.78, 5) is 4.58. The van der Waals surface area contributed by atoms with Crippen LogP contribution in [0.2, 0.25) is 0 Å². The smallest absolute Gasteiger partial charge is 0.231 e. The van der Waals surface area contributed by atoms with Gasteiger partial charge in [0, 0.05) is 24.0 Å². The van der Waals surface area contributed by atoms with Gasteiger partial charge in [-0.25, -0.2) is 4.98 Å². The van der Waals surface area contributed by atoms with Gasteiger partial charge in [-0.05, 0) is 25.1 Å². The number of hydrogen-bond acceptors (Lipinski definition) is 6. The van der Waals surface area contributed by atoms with Gasteiger partial charge in [0.15, 0.2) is 11.5 Å². The van der Waals surface area contributed by atoms with Crippen molar-refractivity contribution in [2.45, 2.75) is 19.6 Å². The molecule has 106 valence electrons. The molecule has 0 bridgehead atoms. The lowest BCUT2D eigenvalue weighted by Crippen LogP contribution is -2.23. The highest BCUT2D eigenvalue weighted by Crippen LogP contribution is 2.36. The third-order valence-corrected chi connectivity index (χ3v) is 3.86. The number of ether oxygens (including phenoxy) is 2. The number of aliphatic hydroxyl groups is 1. The zero-order valence-corrected chi connectivity index (χ0v) is 11.9. The zero-order chi connectivity index (χ0) is 13.9. The Morgan fingerprint density at radius 1 is 1.40 bits per heavy atom. The molecule has 1 aromatic carbocycles. The molecule has 0 amide bonds. The van der Waals surface area contributed by atoms with Gasteiger partial charge in [0.25, 0.3) is 0 Å². The molecule has 2 aromatic rings. The van der Waals surface area contributed by atoms with Crippen LogP contribution in [0.15, 0.2) is 23.6 Å². The summed E-state index contributed by atoms with van der Waals surface area (Å²) in [5.74, 6) is 1.55. The Hall–Kier alpha value is -1.63. The average Bonchev–Trinajstić information content (AvgIpc) is 3.05. The average molecular weight is 292 g/mol. The first kappa shape index (κ1) is 13.4.